The Morgan fingerprint density at radius 1 is 1.23 bits per heavy atom. The number of piperidine rings is 1. The van der Waals surface area contributed by atoms with Crippen molar-refractivity contribution in [3.05, 3.63) is 59.2 Å². The Bertz CT molecular complexity index is 1050. The summed E-state index contributed by atoms with van der Waals surface area (Å²) in [7, 11) is 0. The molecule has 0 unspecified atom stereocenters. The van der Waals surface area contributed by atoms with Crippen molar-refractivity contribution in [1.29, 1.82) is 5.26 Å². The van der Waals surface area contributed by atoms with Gasteiger partial charge in [-0.15, -0.1) is 0 Å². The van der Waals surface area contributed by atoms with E-state index in [0.29, 0.717) is 25.0 Å². The van der Waals surface area contributed by atoms with Crippen molar-refractivity contribution in [3.8, 4) is 6.07 Å². The molecule has 162 valence electrons. The quantitative estimate of drug-likeness (QED) is 0.732. The SMILES string of the molecule is CC1(C#N)CCN(C(=O)c2cc(NC(=O)c3ncccc3F)cc(C(F)(F)F)c2)CC1. The fourth-order valence-electron chi connectivity index (χ4n) is 3.23. The molecule has 1 saturated heterocycles. The summed E-state index contributed by atoms with van der Waals surface area (Å²) in [6, 6.07) is 6.93. The zero-order valence-corrected chi connectivity index (χ0v) is 16.5. The summed E-state index contributed by atoms with van der Waals surface area (Å²) in [6.07, 6.45) is -2.80. The standard InChI is InChI=1S/C21H18F4N4O2/c1-20(12-26)4-7-29(8-5-20)19(31)13-9-14(21(23,24)25)11-15(10-13)28-18(30)17-16(22)3-2-6-27-17/h2-3,6,9-11H,4-5,7-8H2,1H3,(H,28,30). The van der Waals surface area contributed by atoms with Gasteiger partial charge in [0.15, 0.2) is 11.5 Å². The van der Waals surface area contributed by atoms with Crippen LogP contribution in [0.4, 0.5) is 23.2 Å². The molecule has 1 aromatic heterocycles. The average molecular weight is 434 g/mol. The molecule has 1 aliphatic heterocycles. The molecule has 2 amide bonds. The molecular formula is C21H18F4N4O2. The molecule has 1 fully saturated rings. The average Bonchev–Trinajstić information content (AvgIpc) is 2.73. The topological polar surface area (TPSA) is 86.1 Å². The van der Waals surface area contributed by atoms with E-state index in [0.717, 1.165) is 12.1 Å². The van der Waals surface area contributed by atoms with Crippen molar-refractivity contribution in [2.24, 2.45) is 5.41 Å². The number of nitrogens with zero attached hydrogens (tertiary/aromatic N) is 3. The number of hydrogen-bond donors (Lipinski definition) is 1. The van der Waals surface area contributed by atoms with E-state index in [1.807, 2.05) is 0 Å². The number of pyridine rings is 1. The predicted octanol–water partition coefficient (Wildman–Crippen LogP) is 4.26. The highest BCUT2D eigenvalue weighted by atomic mass is 19.4. The number of benzene rings is 1. The summed E-state index contributed by atoms with van der Waals surface area (Å²) in [6.45, 7) is 2.21. The lowest BCUT2D eigenvalue weighted by Crippen LogP contribution is -2.41. The zero-order chi connectivity index (χ0) is 22.8. The lowest BCUT2D eigenvalue weighted by Gasteiger charge is -2.35. The molecule has 0 aliphatic carbocycles. The van der Waals surface area contributed by atoms with Gasteiger partial charge in [-0.1, -0.05) is 0 Å². The van der Waals surface area contributed by atoms with Crippen molar-refractivity contribution in [2.45, 2.75) is 25.9 Å². The molecule has 1 aromatic carbocycles. The van der Waals surface area contributed by atoms with Crippen molar-refractivity contribution in [3.63, 3.8) is 0 Å². The maximum atomic E-state index is 13.8. The normalized spacial score (nSPS) is 15.8. The van der Waals surface area contributed by atoms with Crippen molar-refractivity contribution in [2.75, 3.05) is 18.4 Å². The molecule has 0 saturated carbocycles. The number of carbonyl (C=O) groups is 2. The van der Waals surface area contributed by atoms with Gasteiger partial charge in [-0.05, 0) is 50.1 Å². The number of nitriles is 1. The van der Waals surface area contributed by atoms with E-state index >= 15 is 0 Å². The van der Waals surface area contributed by atoms with Crippen molar-refractivity contribution >= 4 is 17.5 Å². The Kier molecular flexibility index (Phi) is 5.97. The third-order valence-corrected chi connectivity index (χ3v) is 5.16. The van der Waals surface area contributed by atoms with E-state index in [1.165, 1.54) is 17.2 Å². The van der Waals surface area contributed by atoms with E-state index in [-0.39, 0.29) is 24.3 Å². The summed E-state index contributed by atoms with van der Waals surface area (Å²) >= 11 is 0. The van der Waals surface area contributed by atoms with Crippen LogP contribution in [0, 0.1) is 22.6 Å². The van der Waals surface area contributed by atoms with Crippen LogP contribution in [0.3, 0.4) is 0 Å². The molecule has 1 aliphatic rings. The van der Waals surface area contributed by atoms with Gasteiger partial charge in [0.1, 0.15) is 0 Å². The van der Waals surface area contributed by atoms with Gasteiger partial charge in [-0.2, -0.15) is 18.4 Å². The molecule has 2 aromatic rings. The van der Waals surface area contributed by atoms with Crippen LogP contribution in [0.1, 0.15) is 46.2 Å². The molecule has 0 spiro atoms. The molecule has 0 atom stereocenters. The second-order valence-electron chi connectivity index (χ2n) is 7.55. The molecule has 1 N–H and O–H groups in total. The van der Waals surface area contributed by atoms with Gasteiger partial charge in [-0.25, -0.2) is 9.37 Å². The molecule has 0 radical (unpaired) electrons. The minimum Gasteiger partial charge on any atom is -0.339 e. The number of rotatable bonds is 3. The third-order valence-electron chi connectivity index (χ3n) is 5.16. The minimum absolute atomic E-state index is 0.222. The molecule has 31 heavy (non-hydrogen) atoms. The summed E-state index contributed by atoms with van der Waals surface area (Å²) in [4.78, 5) is 30.1. The summed E-state index contributed by atoms with van der Waals surface area (Å²) < 4.78 is 53.9. The van der Waals surface area contributed by atoms with Crippen LogP contribution in [0.25, 0.3) is 0 Å². The largest absolute Gasteiger partial charge is 0.416 e. The van der Waals surface area contributed by atoms with Crippen LogP contribution < -0.4 is 5.32 Å². The van der Waals surface area contributed by atoms with E-state index in [4.69, 9.17) is 0 Å². The Labute approximate surface area is 175 Å². The van der Waals surface area contributed by atoms with Gasteiger partial charge >= 0.3 is 6.18 Å². The summed E-state index contributed by atoms with van der Waals surface area (Å²) in [5.74, 6) is -2.62. The number of carbonyl (C=O) groups excluding carboxylic acids is 2. The fourth-order valence-corrected chi connectivity index (χ4v) is 3.23. The van der Waals surface area contributed by atoms with Crippen molar-refractivity contribution < 1.29 is 27.2 Å². The number of likely N-dealkylation sites (tertiary alicyclic amines) is 1. The van der Waals surface area contributed by atoms with E-state index in [9.17, 15) is 32.4 Å². The van der Waals surface area contributed by atoms with Crippen LogP contribution in [0.2, 0.25) is 0 Å². The van der Waals surface area contributed by atoms with Crippen LogP contribution in [0.5, 0.6) is 0 Å². The van der Waals surface area contributed by atoms with Gasteiger partial charge in [0.05, 0.1) is 17.0 Å². The Morgan fingerprint density at radius 2 is 1.90 bits per heavy atom. The molecule has 0 bridgehead atoms. The first kappa shape index (κ1) is 22.2. The third kappa shape index (κ3) is 4.99. The summed E-state index contributed by atoms with van der Waals surface area (Å²) in [5.41, 5.74) is -2.89. The number of nitrogens with one attached hydrogen (secondary N) is 1. The Hall–Kier alpha value is -3.48. The summed E-state index contributed by atoms with van der Waals surface area (Å²) in [5, 5.41) is 11.4. The fraction of sp³-hybridized carbons (Fsp3) is 0.333. The van der Waals surface area contributed by atoms with Crippen molar-refractivity contribution in [1.82, 2.24) is 9.88 Å². The van der Waals surface area contributed by atoms with Gasteiger partial charge in [-0.3, -0.25) is 9.59 Å². The number of hydrogen-bond acceptors (Lipinski definition) is 4. The maximum Gasteiger partial charge on any atom is 0.416 e. The van der Waals surface area contributed by atoms with E-state index in [2.05, 4.69) is 16.4 Å². The first-order valence-corrected chi connectivity index (χ1v) is 9.37. The molecule has 6 nitrogen and oxygen atoms in total. The van der Waals surface area contributed by atoms with E-state index < -0.39 is 40.5 Å². The monoisotopic (exact) mass is 434 g/mol. The van der Waals surface area contributed by atoms with Crippen LogP contribution >= 0.6 is 0 Å². The molecular weight excluding hydrogens is 416 g/mol. The van der Waals surface area contributed by atoms with E-state index in [1.54, 1.807) is 6.92 Å². The number of alkyl halides is 3. The lowest BCUT2D eigenvalue weighted by atomic mass is 9.82. The highest BCUT2D eigenvalue weighted by Crippen LogP contribution is 2.34. The predicted molar refractivity (Wildman–Crippen MR) is 102 cm³/mol. The second-order valence-corrected chi connectivity index (χ2v) is 7.55. The zero-order valence-electron chi connectivity index (χ0n) is 16.5. The lowest BCUT2D eigenvalue weighted by molar-refractivity contribution is -0.137. The van der Waals surface area contributed by atoms with Gasteiger partial charge in [0.25, 0.3) is 11.8 Å². The number of anilines is 1. The van der Waals surface area contributed by atoms with Gasteiger partial charge in [0, 0.05) is 30.5 Å². The first-order valence-electron chi connectivity index (χ1n) is 9.37. The number of amides is 2. The van der Waals surface area contributed by atoms with Crippen LogP contribution in [-0.2, 0) is 6.18 Å². The molecule has 3 rings (SSSR count). The van der Waals surface area contributed by atoms with Crippen LogP contribution in [0.15, 0.2) is 36.5 Å². The first-order chi connectivity index (χ1) is 14.5. The Balaban J connectivity index is 1.89. The number of aromatic nitrogens is 1. The van der Waals surface area contributed by atoms with Crippen LogP contribution in [-0.4, -0.2) is 34.8 Å². The number of halogens is 4. The minimum atomic E-state index is -4.77. The highest BCUT2D eigenvalue weighted by molar-refractivity contribution is 6.04. The molecule has 10 heteroatoms. The maximum absolute atomic E-state index is 13.8. The molecule has 2 heterocycles. The second kappa shape index (κ2) is 8.34. The smallest absolute Gasteiger partial charge is 0.339 e. The van der Waals surface area contributed by atoms with Gasteiger partial charge < -0.3 is 10.2 Å². The van der Waals surface area contributed by atoms with Gasteiger partial charge in [0.2, 0.25) is 0 Å². The highest BCUT2D eigenvalue weighted by Gasteiger charge is 2.35. The Morgan fingerprint density at radius 3 is 2.48 bits per heavy atom.